The number of carbonyl (C=O) groups excluding carboxylic acids is 1. The number of carboxylic acid groups (broad SMARTS) is 1. The molecule has 0 spiro atoms. The van der Waals surface area contributed by atoms with Gasteiger partial charge in [-0.15, -0.1) is 12.6 Å². The molecule has 0 bridgehead atoms. The summed E-state index contributed by atoms with van der Waals surface area (Å²) in [5.74, 6) is -2.01. The predicted octanol–water partition coefficient (Wildman–Crippen LogP) is 1.69. The van der Waals surface area contributed by atoms with Crippen LogP contribution in [0.1, 0.15) is 6.42 Å². The number of guanidine groups is 1. The van der Waals surface area contributed by atoms with Gasteiger partial charge in [0.2, 0.25) is 0 Å². The van der Waals surface area contributed by atoms with Gasteiger partial charge >= 0.3 is 18.1 Å². The van der Waals surface area contributed by atoms with E-state index in [0.717, 1.165) is 6.08 Å². The molecule has 1 aromatic rings. The number of aromatic nitrogens is 2. The molecule has 0 saturated carbocycles. The Hall–Kier alpha value is -2.48. The SMILES string of the molecule is NC(=NCC(F)(F)F)Nc1ccnc(SCCC(S)OC(=O)/C=C\C(=O)O)n1. The number of nitrogens with zero attached hydrogens (tertiary/aromatic N) is 3. The fourth-order valence-corrected chi connectivity index (χ4v) is 2.67. The van der Waals surface area contributed by atoms with Crippen molar-refractivity contribution >= 4 is 48.1 Å². The van der Waals surface area contributed by atoms with E-state index >= 15 is 0 Å². The maximum Gasteiger partial charge on any atom is 0.408 e. The minimum atomic E-state index is -4.46. The van der Waals surface area contributed by atoms with Gasteiger partial charge in [-0.05, 0) is 6.07 Å². The summed E-state index contributed by atoms with van der Waals surface area (Å²) in [5, 5.41) is 11.1. The van der Waals surface area contributed by atoms with Crippen LogP contribution in [0.5, 0.6) is 0 Å². The second-order valence-corrected chi connectivity index (χ2v) is 6.50. The molecule has 0 aliphatic carbocycles. The molecule has 0 aliphatic rings. The molecule has 1 atom stereocenters. The van der Waals surface area contributed by atoms with Gasteiger partial charge in [0, 0.05) is 30.5 Å². The number of nitrogens with one attached hydrogen (secondary N) is 1. The van der Waals surface area contributed by atoms with Crippen molar-refractivity contribution in [3.05, 3.63) is 24.4 Å². The van der Waals surface area contributed by atoms with Crippen molar-refractivity contribution in [2.45, 2.75) is 23.2 Å². The number of hydrogen-bond acceptors (Lipinski definition) is 8. The largest absolute Gasteiger partial charge is 0.478 e. The summed E-state index contributed by atoms with van der Waals surface area (Å²) in [6, 6.07) is 1.40. The fraction of sp³-hybridized carbons (Fsp3) is 0.357. The van der Waals surface area contributed by atoms with Gasteiger partial charge in [0.15, 0.2) is 11.1 Å². The van der Waals surface area contributed by atoms with Gasteiger partial charge in [-0.1, -0.05) is 11.8 Å². The van der Waals surface area contributed by atoms with E-state index in [4.69, 9.17) is 15.6 Å². The minimum Gasteiger partial charge on any atom is -0.478 e. The van der Waals surface area contributed by atoms with Gasteiger partial charge in [-0.3, -0.25) is 0 Å². The molecule has 1 rings (SSSR count). The number of aliphatic carboxylic acids is 1. The summed E-state index contributed by atoms with van der Waals surface area (Å²) in [4.78, 5) is 32.8. The number of alkyl halides is 3. The third-order valence-electron chi connectivity index (χ3n) is 2.53. The zero-order chi connectivity index (χ0) is 21.2. The highest BCUT2D eigenvalue weighted by Gasteiger charge is 2.26. The van der Waals surface area contributed by atoms with E-state index in [0.29, 0.717) is 23.4 Å². The van der Waals surface area contributed by atoms with Crippen LogP contribution in [-0.2, 0) is 14.3 Å². The monoisotopic (exact) mass is 439 g/mol. The normalized spacial score (nSPS) is 13.4. The standard InChI is InChI=1S/C14H16F3N5O4S2/c15-14(16,17)7-20-12(18)21-8-3-5-19-13(22-8)28-6-4-11(27)26-10(25)2-1-9(23)24/h1-3,5,11,27H,4,6-7H2,(H,23,24)(H3,18,19,20,21,22)/b2-1-. The van der Waals surface area contributed by atoms with Gasteiger partial charge in [0.05, 0.1) is 0 Å². The average Bonchev–Trinajstić information content (AvgIpc) is 2.58. The third-order valence-corrected chi connectivity index (χ3v) is 3.79. The van der Waals surface area contributed by atoms with E-state index in [2.05, 4.69) is 32.9 Å². The number of carboxylic acids is 1. The molecule has 154 valence electrons. The number of carbonyl (C=O) groups is 2. The second kappa shape index (κ2) is 11.4. The van der Waals surface area contributed by atoms with Crippen LogP contribution in [0, 0.1) is 0 Å². The maximum absolute atomic E-state index is 12.1. The lowest BCUT2D eigenvalue weighted by atomic mass is 10.5. The van der Waals surface area contributed by atoms with Crippen LogP contribution in [0.4, 0.5) is 19.0 Å². The molecule has 1 unspecified atom stereocenters. The number of halogens is 3. The summed E-state index contributed by atoms with van der Waals surface area (Å²) in [6.45, 7) is -1.41. The molecule has 0 fully saturated rings. The Morgan fingerprint density at radius 2 is 2.18 bits per heavy atom. The quantitative estimate of drug-likeness (QED) is 0.0661. The van der Waals surface area contributed by atoms with Crippen molar-refractivity contribution in [3.8, 4) is 0 Å². The van der Waals surface area contributed by atoms with E-state index in [1.807, 2.05) is 0 Å². The van der Waals surface area contributed by atoms with E-state index in [1.165, 1.54) is 24.0 Å². The number of thiol groups is 1. The number of anilines is 1. The van der Waals surface area contributed by atoms with Crippen molar-refractivity contribution in [1.82, 2.24) is 9.97 Å². The van der Waals surface area contributed by atoms with E-state index in [9.17, 15) is 22.8 Å². The Morgan fingerprint density at radius 1 is 1.46 bits per heavy atom. The molecule has 14 heteroatoms. The molecule has 1 aromatic heterocycles. The molecular formula is C14H16F3N5O4S2. The minimum absolute atomic E-state index is 0.161. The first-order valence-electron chi connectivity index (χ1n) is 7.44. The van der Waals surface area contributed by atoms with Gasteiger partial charge in [0.1, 0.15) is 17.8 Å². The lowest BCUT2D eigenvalue weighted by Crippen LogP contribution is -2.26. The molecule has 9 nitrogen and oxygen atoms in total. The molecular weight excluding hydrogens is 423 g/mol. The third kappa shape index (κ3) is 11.3. The summed E-state index contributed by atoms with van der Waals surface area (Å²) in [6.07, 6.45) is -1.37. The van der Waals surface area contributed by atoms with Crippen molar-refractivity contribution in [3.63, 3.8) is 0 Å². The van der Waals surface area contributed by atoms with Crippen LogP contribution in [0.15, 0.2) is 34.6 Å². The highest BCUT2D eigenvalue weighted by atomic mass is 32.2. The van der Waals surface area contributed by atoms with Crippen molar-refractivity contribution in [2.75, 3.05) is 17.6 Å². The lowest BCUT2D eigenvalue weighted by Gasteiger charge is -2.10. The van der Waals surface area contributed by atoms with Crippen LogP contribution in [0.25, 0.3) is 0 Å². The van der Waals surface area contributed by atoms with Crippen LogP contribution in [0.3, 0.4) is 0 Å². The summed E-state index contributed by atoms with van der Waals surface area (Å²) < 4.78 is 41.1. The molecule has 0 aromatic carbocycles. The number of aliphatic imine (C=N–C) groups is 1. The van der Waals surface area contributed by atoms with Crippen molar-refractivity contribution in [1.29, 1.82) is 0 Å². The summed E-state index contributed by atoms with van der Waals surface area (Å²) >= 11 is 5.24. The Labute approximate surface area is 167 Å². The number of nitrogens with two attached hydrogens (primary N) is 1. The fourth-order valence-electron chi connectivity index (χ4n) is 1.45. The molecule has 0 saturated heterocycles. The number of hydrogen-bond donors (Lipinski definition) is 4. The number of ether oxygens (including phenoxy) is 1. The molecule has 4 N–H and O–H groups in total. The molecule has 0 amide bonds. The lowest BCUT2D eigenvalue weighted by molar-refractivity contribution is -0.140. The Kier molecular flexibility index (Phi) is 9.58. The predicted molar refractivity (Wildman–Crippen MR) is 99.2 cm³/mol. The first-order valence-corrected chi connectivity index (χ1v) is 8.94. The zero-order valence-corrected chi connectivity index (χ0v) is 15.8. The summed E-state index contributed by atoms with van der Waals surface area (Å²) in [7, 11) is 0. The Morgan fingerprint density at radius 3 is 2.82 bits per heavy atom. The van der Waals surface area contributed by atoms with Crippen LogP contribution in [0.2, 0.25) is 0 Å². The van der Waals surface area contributed by atoms with Crippen molar-refractivity contribution in [2.24, 2.45) is 10.7 Å². The molecule has 0 radical (unpaired) electrons. The first kappa shape index (κ1) is 23.6. The second-order valence-electron chi connectivity index (χ2n) is 4.87. The van der Waals surface area contributed by atoms with E-state index < -0.39 is 36.1 Å². The molecule has 0 aliphatic heterocycles. The number of thioether (sulfide) groups is 1. The smallest absolute Gasteiger partial charge is 0.408 e. The van der Waals surface area contributed by atoms with Gasteiger partial charge in [-0.25, -0.2) is 24.5 Å². The van der Waals surface area contributed by atoms with Crippen molar-refractivity contribution < 1.29 is 32.6 Å². The molecule has 1 heterocycles. The maximum atomic E-state index is 12.1. The Bertz CT molecular complexity index is 746. The zero-order valence-electron chi connectivity index (χ0n) is 14.1. The average molecular weight is 439 g/mol. The van der Waals surface area contributed by atoms with Gasteiger partial charge in [-0.2, -0.15) is 13.2 Å². The Balaban J connectivity index is 2.46. The summed E-state index contributed by atoms with van der Waals surface area (Å²) in [5.41, 5.74) is 4.59. The highest BCUT2D eigenvalue weighted by Crippen LogP contribution is 2.18. The number of esters is 1. The van der Waals surface area contributed by atoms with Gasteiger partial charge in [0.25, 0.3) is 0 Å². The van der Waals surface area contributed by atoms with Crippen LogP contribution in [-0.4, -0.2) is 56.9 Å². The molecule has 28 heavy (non-hydrogen) atoms. The van der Waals surface area contributed by atoms with Crippen LogP contribution < -0.4 is 11.1 Å². The highest BCUT2D eigenvalue weighted by molar-refractivity contribution is 7.99. The van der Waals surface area contributed by atoms with Gasteiger partial charge < -0.3 is 20.9 Å². The topological polar surface area (TPSA) is 140 Å². The van der Waals surface area contributed by atoms with Crippen LogP contribution >= 0.6 is 24.4 Å². The first-order chi connectivity index (χ1) is 13.0. The number of rotatable bonds is 9. The van der Waals surface area contributed by atoms with E-state index in [-0.39, 0.29) is 5.82 Å². The van der Waals surface area contributed by atoms with E-state index in [1.54, 1.807) is 0 Å².